The van der Waals surface area contributed by atoms with Crippen LogP contribution in [0.4, 0.5) is 0 Å². The molecule has 1 amide bonds. The number of nitrogens with one attached hydrogen (secondary N) is 1. The SMILES string of the molecule is CCn1nc(C)c(Cl)c1C(=O)NCCc1ccc(C)o1. The number of hydrogen-bond acceptors (Lipinski definition) is 3. The van der Waals surface area contributed by atoms with Crippen LogP contribution in [0, 0.1) is 13.8 Å². The van der Waals surface area contributed by atoms with Gasteiger partial charge in [0.1, 0.15) is 17.2 Å². The Balaban J connectivity index is 1.98. The van der Waals surface area contributed by atoms with Gasteiger partial charge in [-0.3, -0.25) is 9.48 Å². The first-order chi connectivity index (χ1) is 9.52. The van der Waals surface area contributed by atoms with E-state index in [1.54, 1.807) is 11.6 Å². The lowest BCUT2D eigenvalue weighted by molar-refractivity contribution is 0.0943. The summed E-state index contributed by atoms with van der Waals surface area (Å²) >= 11 is 6.12. The number of furan rings is 1. The molecule has 2 heterocycles. The topological polar surface area (TPSA) is 60.1 Å². The lowest BCUT2D eigenvalue weighted by atomic mass is 10.3. The minimum absolute atomic E-state index is 0.208. The third kappa shape index (κ3) is 3.04. The fourth-order valence-electron chi connectivity index (χ4n) is 2.01. The average Bonchev–Trinajstić information content (AvgIpc) is 2.94. The minimum atomic E-state index is -0.208. The minimum Gasteiger partial charge on any atom is -0.466 e. The molecular formula is C14H18ClN3O2. The first kappa shape index (κ1) is 14.7. The molecule has 0 aliphatic carbocycles. The molecule has 6 heteroatoms. The number of carbonyl (C=O) groups is 1. The maximum Gasteiger partial charge on any atom is 0.271 e. The van der Waals surface area contributed by atoms with Crippen molar-refractivity contribution in [1.29, 1.82) is 0 Å². The van der Waals surface area contributed by atoms with Crippen molar-refractivity contribution < 1.29 is 9.21 Å². The van der Waals surface area contributed by atoms with Gasteiger partial charge in [-0.2, -0.15) is 5.10 Å². The number of rotatable bonds is 5. The van der Waals surface area contributed by atoms with E-state index in [1.807, 2.05) is 26.0 Å². The molecule has 0 aliphatic rings. The Bertz CT molecular complexity index is 616. The van der Waals surface area contributed by atoms with Gasteiger partial charge in [0, 0.05) is 19.5 Å². The van der Waals surface area contributed by atoms with Crippen LogP contribution in [0.5, 0.6) is 0 Å². The van der Waals surface area contributed by atoms with Crippen LogP contribution in [0.2, 0.25) is 5.02 Å². The van der Waals surface area contributed by atoms with Crippen LogP contribution in [0.3, 0.4) is 0 Å². The van der Waals surface area contributed by atoms with E-state index in [9.17, 15) is 4.79 Å². The highest BCUT2D eigenvalue weighted by Gasteiger charge is 2.19. The molecule has 0 radical (unpaired) electrons. The highest BCUT2D eigenvalue weighted by atomic mass is 35.5. The molecule has 0 bridgehead atoms. The zero-order valence-corrected chi connectivity index (χ0v) is 12.6. The van der Waals surface area contributed by atoms with Crippen molar-refractivity contribution >= 4 is 17.5 Å². The standard InChI is InChI=1S/C14H18ClN3O2/c1-4-18-13(12(15)10(3)17-18)14(19)16-8-7-11-6-5-9(2)20-11/h5-6H,4,7-8H2,1-3H3,(H,16,19). The van der Waals surface area contributed by atoms with Gasteiger partial charge in [-0.25, -0.2) is 0 Å². The molecule has 1 N–H and O–H groups in total. The molecule has 2 aromatic heterocycles. The second kappa shape index (κ2) is 6.13. The first-order valence-electron chi connectivity index (χ1n) is 6.59. The Morgan fingerprint density at radius 1 is 1.45 bits per heavy atom. The van der Waals surface area contributed by atoms with Crippen LogP contribution in [-0.2, 0) is 13.0 Å². The van der Waals surface area contributed by atoms with Gasteiger partial charge >= 0.3 is 0 Å². The summed E-state index contributed by atoms with van der Waals surface area (Å²) in [5, 5.41) is 7.48. The third-order valence-corrected chi connectivity index (χ3v) is 3.47. The van der Waals surface area contributed by atoms with E-state index in [-0.39, 0.29) is 5.91 Å². The summed E-state index contributed by atoms with van der Waals surface area (Å²) in [6, 6.07) is 3.82. The molecule has 0 saturated carbocycles. The van der Waals surface area contributed by atoms with Crippen molar-refractivity contribution in [3.8, 4) is 0 Å². The van der Waals surface area contributed by atoms with Crippen LogP contribution < -0.4 is 5.32 Å². The highest BCUT2D eigenvalue weighted by Crippen LogP contribution is 2.20. The van der Waals surface area contributed by atoms with Crippen LogP contribution in [-0.4, -0.2) is 22.2 Å². The molecule has 5 nitrogen and oxygen atoms in total. The van der Waals surface area contributed by atoms with Crippen molar-refractivity contribution in [2.24, 2.45) is 0 Å². The van der Waals surface area contributed by atoms with Crippen molar-refractivity contribution in [1.82, 2.24) is 15.1 Å². The van der Waals surface area contributed by atoms with E-state index < -0.39 is 0 Å². The van der Waals surface area contributed by atoms with Gasteiger partial charge in [-0.15, -0.1) is 0 Å². The Hall–Kier alpha value is -1.75. The van der Waals surface area contributed by atoms with Crippen molar-refractivity contribution in [2.45, 2.75) is 33.7 Å². The molecule has 0 aliphatic heterocycles. The quantitative estimate of drug-likeness (QED) is 0.922. The van der Waals surface area contributed by atoms with Crippen LogP contribution >= 0.6 is 11.6 Å². The van der Waals surface area contributed by atoms with E-state index in [0.29, 0.717) is 35.9 Å². The molecule has 2 rings (SSSR count). The van der Waals surface area contributed by atoms with E-state index in [1.165, 1.54) is 0 Å². The maximum absolute atomic E-state index is 12.2. The summed E-state index contributed by atoms with van der Waals surface area (Å²) in [4.78, 5) is 12.2. The van der Waals surface area contributed by atoms with Crippen molar-refractivity contribution in [2.75, 3.05) is 6.54 Å². The molecule has 0 unspecified atom stereocenters. The largest absolute Gasteiger partial charge is 0.466 e. The third-order valence-electron chi connectivity index (χ3n) is 3.02. The van der Waals surface area contributed by atoms with Gasteiger partial charge in [0.25, 0.3) is 5.91 Å². The van der Waals surface area contributed by atoms with E-state index in [0.717, 1.165) is 11.5 Å². The summed E-state index contributed by atoms with van der Waals surface area (Å²) in [5.41, 5.74) is 1.09. The normalized spacial score (nSPS) is 10.8. The van der Waals surface area contributed by atoms with Crippen LogP contribution in [0.15, 0.2) is 16.5 Å². The molecule has 0 aromatic carbocycles. The Kier molecular flexibility index (Phi) is 4.49. The van der Waals surface area contributed by atoms with Crippen LogP contribution in [0.1, 0.15) is 34.6 Å². The van der Waals surface area contributed by atoms with Crippen LogP contribution in [0.25, 0.3) is 0 Å². The van der Waals surface area contributed by atoms with Crippen molar-refractivity contribution in [3.05, 3.63) is 40.1 Å². The summed E-state index contributed by atoms with van der Waals surface area (Å²) in [5.74, 6) is 1.52. The number of halogens is 1. The van der Waals surface area contributed by atoms with Gasteiger partial charge in [0.2, 0.25) is 0 Å². The highest BCUT2D eigenvalue weighted by molar-refractivity contribution is 6.34. The summed E-state index contributed by atoms with van der Waals surface area (Å²) in [6.07, 6.45) is 0.649. The molecular weight excluding hydrogens is 278 g/mol. The number of carbonyl (C=O) groups excluding carboxylic acids is 1. The number of aryl methyl sites for hydroxylation is 3. The number of amides is 1. The second-order valence-corrected chi connectivity index (χ2v) is 4.96. The Morgan fingerprint density at radius 3 is 2.80 bits per heavy atom. The zero-order valence-electron chi connectivity index (χ0n) is 11.9. The summed E-state index contributed by atoms with van der Waals surface area (Å²) in [7, 11) is 0. The fourth-order valence-corrected chi connectivity index (χ4v) is 2.23. The summed E-state index contributed by atoms with van der Waals surface area (Å²) in [6.45, 7) is 6.70. The van der Waals surface area contributed by atoms with E-state index in [4.69, 9.17) is 16.0 Å². The zero-order chi connectivity index (χ0) is 14.7. The summed E-state index contributed by atoms with van der Waals surface area (Å²) < 4.78 is 7.06. The first-order valence-corrected chi connectivity index (χ1v) is 6.97. The lowest BCUT2D eigenvalue weighted by Gasteiger charge is -2.06. The predicted molar refractivity (Wildman–Crippen MR) is 77.1 cm³/mol. The molecule has 0 atom stereocenters. The molecule has 0 spiro atoms. The molecule has 0 saturated heterocycles. The Labute approximate surface area is 122 Å². The smallest absolute Gasteiger partial charge is 0.271 e. The van der Waals surface area contributed by atoms with Gasteiger partial charge in [0.15, 0.2) is 0 Å². The lowest BCUT2D eigenvalue weighted by Crippen LogP contribution is -2.28. The monoisotopic (exact) mass is 295 g/mol. The van der Waals surface area contributed by atoms with Crippen molar-refractivity contribution in [3.63, 3.8) is 0 Å². The van der Waals surface area contributed by atoms with Gasteiger partial charge in [0.05, 0.1) is 10.7 Å². The average molecular weight is 296 g/mol. The molecule has 20 heavy (non-hydrogen) atoms. The fraction of sp³-hybridized carbons (Fsp3) is 0.429. The van der Waals surface area contributed by atoms with E-state index >= 15 is 0 Å². The van der Waals surface area contributed by atoms with Gasteiger partial charge < -0.3 is 9.73 Å². The van der Waals surface area contributed by atoms with Gasteiger partial charge in [-0.1, -0.05) is 11.6 Å². The molecule has 108 valence electrons. The number of aromatic nitrogens is 2. The second-order valence-electron chi connectivity index (χ2n) is 4.58. The number of nitrogens with zero attached hydrogens (tertiary/aromatic N) is 2. The predicted octanol–water partition coefficient (Wildman–Crippen LogP) is 2.74. The maximum atomic E-state index is 12.2. The molecule has 0 fully saturated rings. The van der Waals surface area contributed by atoms with Gasteiger partial charge in [-0.05, 0) is 32.9 Å². The number of hydrogen-bond donors (Lipinski definition) is 1. The van der Waals surface area contributed by atoms with E-state index in [2.05, 4.69) is 10.4 Å². The molecule has 2 aromatic rings. The Morgan fingerprint density at radius 2 is 2.20 bits per heavy atom.